The van der Waals surface area contributed by atoms with E-state index in [0.29, 0.717) is 24.2 Å². The highest BCUT2D eigenvalue weighted by Gasteiger charge is 2.41. The van der Waals surface area contributed by atoms with Crippen LogP contribution in [0.3, 0.4) is 0 Å². The molecule has 4 rings (SSSR count). The molecule has 1 aromatic heterocycles. The number of carbonyl (C=O) groups excluding carboxylic acids is 1. The summed E-state index contributed by atoms with van der Waals surface area (Å²) in [6, 6.07) is 2.17. The Labute approximate surface area is 137 Å². The summed E-state index contributed by atoms with van der Waals surface area (Å²) in [4.78, 5) is 25.5. The zero-order chi connectivity index (χ0) is 15.8. The smallest absolute Gasteiger partial charge is 0.222 e. The SMILES string of the molecule is C=CCCC(=O)N1CC2CN(c3cc(C4CC4)ncn3)CC2C1. The average Bonchev–Trinajstić information content (AvgIpc) is 3.23. The van der Waals surface area contributed by atoms with Gasteiger partial charge in [-0.15, -0.1) is 6.58 Å². The minimum absolute atomic E-state index is 0.281. The Hall–Kier alpha value is -1.91. The maximum absolute atomic E-state index is 12.2. The van der Waals surface area contributed by atoms with E-state index < -0.39 is 0 Å². The highest BCUT2D eigenvalue weighted by Crippen LogP contribution is 2.40. The number of hydrogen-bond acceptors (Lipinski definition) is 4. The minimum atomic E-state index is 0.281. The van der Waals surface area contributed by atoms with Crippen LogP contribution in [0.5, 0.6) is 0 Å². The number of amides is 1. The zero-order valence-electron chi connectivity index (χ0n) is 13.5. The third-order valence-electron chi connectivity index (χ3n) is 5.39. The van der Waals surface area contributed by atoms with Gasteiger partial charge in [-0.25, -0.2) is 9.97 Å². The van der Waals surface area contributed by atoms with Crippen LogP contribution in [0.25, 0.3) is 0 Å². The maximum Gasteiger partial charge on any atom is 0.222 e. The predicted octanol–water partition coefficient (Wildman–Crippen LogP) is 2.21. The van der Waals surface area contributed by atoms with Gasteiger partial charge in [0.2, 0.25) is 5.91 Å². The van der Waals surface area contributed by atoms with Crippen LogP contribution in [0.1, 0.15) is 37.3 Å². The number of likely N-dealkylation sites (tertiary alicyclic amines) is 1. The molecule has 0 radical (unpaired) electrons. The van der Waals surface area contributed by atoms with Gasteiger partial charge in [-0.1, -0.05) is 6.08 Å². The van der Waals surface area contributed by atoms with Gasteiger partial charge < -0.3 is 9.80 Å². The minimum Gasteiger partial charge on any atom is -0.356 e. The molecule has 1 amide bonds. The molecule has 5 nitrogen and oxygen atoms in total. The number of aromatic nitrogens is 2. The number of allylic oxidation sites excluding steroid dienone is 1. The fraction of sp³-hybridized carbons (Fsp3) is 0.611. The molecule has 2 aliphatic heterocycles. The molecule has 1 aliphatic carbocycles. The molecule has 0 bridgehead atoms. The molecule has 0 aromatic carbocycles. The number of rotatable bonds is 5. The van der Waals surface area contributed by atoms with Crippen molar-refractivity contribution >= 4 is 11.7 Å². The van der Waals surface area contributed by atoms with Crippen LogP contribution in [0.4, 0.5) is 5.82 Å². The van der Waals surface area contributed by atoms with E-state index in [1.807, 2.05) is 11.0 Å². The van der Waals surface area contributed by atoms with E-state index in [4.69, 9.17) is 0 Å². The molecule has 3 aliphatic rings. The van der Waals surface area contributed by atoms with E-state index in [-0.39, 0.29) is 5.91 Å². The van der Waals surface area contributed by atoms with E-state index in [1.54, 1.807) is 6.33 Å². The molecule has 122 valence electrons. The molecular weight excluding hydrogens is 288 g/mol. The van der Waals surface area contributed by atoms with Gasteiger partial charge in [-0.2, -0.15) is 0 Å². The second kappa shape index (κ2) is 5.95. The van der Waals surface area contributed by atoms with E-state index in [0.717, 1.165) is 38.4 Å². The number of anilines is 1. The Balaban J connectivity index is 1.37. The summed E-state index contributed by atoms with van der Waals surface area (Å²) in [5.41, 5.74) is 1.20. The largest absolute Gasteiger partial charge is 0.356 e. The molecule has 3 heterocycles. The average molecular weight is 312 g/mol. The topological polar surface area (TPSA) is 49.3 Å². The first kappa shape index (κ1) is 14.7. The Bertz CT molecular complexity index is 599. The van der Waals surface area contributed by atoms with Gasteiger partial charge in [0.05, 0.1) is 0 Å². The van der Waals surface area contributed by atoms with Crippen molar-refractivity contribution < 1.29 is 4.79 Å². The van der Waals surface area contributed by atoms with E-state index in [2.05, 4.69) is 27.5 Å². The first-order chi connectivity index (χ1) is 11.2. The van der Waals surface area contributed by atoms with Crippen LogP contribution in [-0.2, 0) is 4.79 Å². The van der Waals surface area contributed by atoms with Gasteiger partial charge in [0.25, 0.3) is 0 Å². The molecule has 1 aromatic rings. The molecule has 5 heteroatoms. The van der Waals surface area contributed by atoms with Crippen LogP contribution in [0.2, 0.25) is 0 Å². The van der Waals surface area contributed by atoms with Crippen molar-refractivity contribution in [1.82, 2.24) is 14.9 Å². The second-order valence-electron chi connectivity index (χ2n) is 7.13. The lowest BCUT2D eigenvalue weighted by Gasteiger charge is -2.22. The van der Waals surface area contributed by atoms with Gasteiger partial charge in [0.1, 0.15) is 12.1 Å². The standard InChI is InChI=1S/C18H24N4O/c1-2-3-4-18(23)22-10-14-8-21(9-15(14)11-22)17-7-16(13-5-6-13)19-12-20-17/h2,7,12-15H,1,3-6,8-11H2. The Morgan fingerprint density at radius 1 is 1.22 bits per heavy atom. The van der Waals surface area contributed by atoms with Gasteiger partial charge in [-0.05, 0) is 19.3 Å². The Morgan fingerprint density at radius 2 is 1.96 bits per heavy atom. The molecule has 3 fully saturated rings. The van der Waals surface area contributed by atoms with Gasteiger partial charge >= 0.3 is 0 Å². The van der Waals surface area contributed by atoms with Crippen molar-refractivity contribution in [3.8, 4) is 0 Å². The van der Waals surface area contributed by atoms with Gasteiger partial charge in [-0.3, -0.25) is 4.79 Å². The van der Waals surface area contributed by atoms with Crippen LogP contribution in [0, 0.1) is 11.8 Å². The quantitative estimate of drug-likeness (QED) is 0.782. The van der Waals surface area contributed by atoms with Crippen LogP contribution < -0.4 is 4.90 Å². The summed E-state index contributed by atoms with van der Waals surface area (Å²) in [5, 5.41) is 0. The lowest BCUT2D eigenvalue weighted by atomic mass is 10.0. The lowest BCUT2D eigenvalue weighted by Crippen LogP contribution is -2.33. The predicted molar refractivity (Wildman–Crippen MR) is 89.2 cm³/mol. The maximum atomic E-state index is 12.2. The fourth-order valence-corrected chi connectivity index (χ4v) is 3.90. The fourth-order valence-electron chi connectivity index (χ4n) is 3.90. The van der Waals surface area contributed by atoms with E-state index in [9.17, 15) is 4.79 Å². The van der Waals surface area contributed by atoms with E-state index >= 15 is 0 Å². The Morgan fingerprint density at radius 3 is 2.61 bits per heavy atom. The number of nitrogens with zero attached hydrogens (tertiary/aromatic N) is 4. The number of carbonyl (C=O) groups is 1. The molecule has 2 saturated heterocycles. The van der Waals surface area contributed by atoms with Crippen molar-refractivity contribution in [1.29, 1.82) is 0 Å². The van der Waals surface area contributed by atoms with Crippen LogP contribution >= 0.6 is 0 Å². The zero-order valence-corrected chi connectivity index (χ0v) is 13.5. The third-order valence-corrected chi connectivity index (χ3v) is 5.39. The van der Waals surface area contributed by atoms with Gasteiger partial charge in [0.15, 0.2) is 0 Å². The molecule has 2 atom stereocenters. The first-order valence-corrected chi connectivity index (χ1v) is 8.70. The van der Waals surface area contributed by atoms with Crippen molar-refractivity contribution in [2.75, 3.05) is 31.1 Å². The van der Waals surface area contributed by atoms with Crippen molar-refractivity contribution in [3.05, 3.63) is 30.7 Å². The number of fused-ring (bicyclic) bond motifs is 1. The molecule has 2 unspecified atom stereocenters. The summed E-state index contributed by atoms with van der Waals surface area (Å²) in [6.45, 7) is 7.52. The Kier molecular flexibility index (Phi) is 3.79. The van der Waals surface area contributed by atoms with E-state index in [1.165, 1.54) is 18.5 Å². The first-order valence-electron chi connectivity index (χ1n) is 8.70. The monoisotopic (exact) mass is 312 g/mol. The third kappa shape index (κ3) is 2.96. The summed E-state index contributed by atoms with van der Waals surface area (Å²) >= 11 is 0. The lowest BCUT2D eigenvalue weighted by molar-refractivity contribution is -0.130. The van der Waals surface area contributed by atoms with Crippen molar-refractivity contribution in [2.45, 2.75) is 31.6 Å². The summed E-state index contributed by atoms with van der Waals surface area (Å²) in [7, 11) is 0. The normalized spacial score (nSPS) is 26.4. The molecule has 1 saturated carbocycles. The molecule has 0 N–H and O–H groups in total. The highest BCUT2D eigenvalue weighted by molar-refractivity contribution is 5.76. The van der Waals surface area contributed by atoms with Crippen LogP contribution in [0.15, 0.2) is 25.0 Å². The van der Waals surface area contributed by atoms with Gasteiger partial charge in [0, 0.05) is 62.1 Å². The second-order valence-corrected chi connectivity index (χ2v) is 7.13. The summed E-state index contributed by atoms with van der Waals surface area (Å²) < 4.78 is 0. The summed E-state index contributed by atoms with van der Waals surface area (Å²) in [6.07, 6.45) is 7.45. The molecule has 23 heavy (non-hydrogen) atoms. The molecular formula is C18H24N4O. The van der Waals surface area contributed by atoms with Crippen molar-refractivity contribution in [3.63, 3.8) is 0 Å². The van der Waals surface area contributed by atoms with Crippen molar-refractivity contribution in [2.24, 2.45) is 11.8 Å². The summed E-state index contributed by atoms with van der Waals surface area (Å²) in [5.74, 6) is 3.19. The highest BCUT2D eigenvalue weighted by atomic mass is 16.2. The van der Waals surface area contributed by atoms with Crippen LogP contribution in [-0.4, -0.2) is 47.0 Å². The number of hydrogen-bond donors (Lipinski definition) is 0. The molecule has 0 spiro atoms.